The first-order valence-electron chi connectivity index (χ1n) is 6.05. The van der Waals surface area contributed by atoms with Gasteiger partial charge < -0.3 is 5.32 Å². The van der Waals surface area contributed by atoms with Crippen molar-refractivity contribution in [2.45, 2.75) is 65.8 Å². The molecule has 0 aromatic heterocycles. The summed E-state index contributed by atoms with van der Waals surface area (Å²) in [6.45, 7) is 9.82. The molecule has 3 heteroatoms. The van der Waals surface area contributed by atoms with Crippen LogP contribution in [-0.2, 0) is 4.79 Å². The summed E-state index contributed by atoms with van der Waals surface area (Å²) in [5.41, 5.74) is -1.11. The van der Waals surface area contributed by atoms with Crippen molar-refractivity contribution in [2.24, 2.45) is 5.41 Å². The third-order valence-electron chi connectivity index (χ3n) is 2.49. The Morgan fingerprint density at radius 1 is 1.19 bits per heavy atom. The molecule has 0 unspecified atom stereocenters. The van der Waals surface area contributed by atoms with Crippen molar-refractivity contribution in [3.63, 3.8) is 0 Å². The smallest absolute Gasteiger partial charge is 0.240 e. The molecule has 0 atom stereocenters. The van der Waals surface area contributed by atoms with Crippen LogP contribution in [0.2, 0.25) is 0 Å². The fourth-order valence-electron chi connectivity index (χ4n) is 1.83. The average Bonchev–Trinajstić information content (AvgIpc) is 2.14. The van der Waals surface area contributed by atoms with Crippen LogP contribution in [0, 0.1) is 16.7 Å². The van der Waals surface area contributed by atoms with Gasteiger partial charge in [0.15, 0.2) is 0 Å². The number of nitrogens with zero attached hydrogens (tertiary/aromatic N) is 1. The second-order valence-corrected chi connectivity index (χ2v) is 5.40. The van der Waals surface area contributed by atoms with Gasteiger partial charge in [-0.2, -0.15) is 5.26 Å². The maximum absolute atomic E-state index is 12.2. The van der Waals surface area contributed by atoms with E-state index in [1.807, 2.05) is 34.6 Å². The average molecular weight is 224 g/mol. The lowest BCUT2D eigenvalue weighted by Gasteiger charge is -2.29. The van der Waals surface area contributed by atoms with Crippen LogP contribution in [0.15, 0.2) is 0 Å². The van der Waals surface area contributed by atoms with Gasteiger partial charge in [-0.1, -0.05) is 26.7 Å². The Hall–Kier alpha value is -1.04. The van der Waals surface area contributed by atoms with E-state index in [9.17, 15) is 10.1 Å². The molecule has 0 spiro atoms. The Balaban J connectivity index is 4.89. The fourth-order valence-corrected chi connectivity index (χ4v) is 1.83. The monoisotopic (exact) mass is 224 g/mol. The summed E-state index contributed by atoms with van der Waals surface area (Å²) >= 11 is 0. The second kappa shape index (κ2) is 5.89. The Bertz CT molecular complexity index is 265. The van der Waals surface area contributed by atoms with Gasteiger partial charge in [-0.25, -0.2) is 0 Å². The van der Waals surface area contributed by atoms with E-state index < -0.39 is 5.41 Å². The van der Waals surface area contributed by atoms with Crippen molar-refractivity contribution in [2.75, 3.05) is 0 Å². The van der Waals surface area contributed by atoms with E-state index in [1.54, 1.807) is 0 Å². The molecule has 3 nitrogen and oxygen atoms in total. The topological polar surface area (TPSA) is 52.9 Å². The summed E-state index contributed by atoms with van der Waals surface area (Å²) in [6, 6.07) is 2.23. The molecular weight excluding hydrogens is 200 g/mol. The molecule has 0 saturated heterocycles. The number of hydrogen-bond donors (Lipinski definition) is 1. The van der Waals surface area contributed by atoms with Crippen molar-refractivity contribution in [3.8, 4) is 6.07 Å². The minimum atomic E-state index is -0.837. The van der Waals surface area contributed by atoms with E-state index in [0.717, 1.165) is 12.8 Å². The predicted octanol–water partition coefficient (Wildman–Crippen LogP) is 3.01. The van der Waals surface area contributed by atoms with Gasteiger partial charge in [-0.15, -0.1) is 0 Å². The zero-order valence-electron chi connectivity index (χ0n) is 11.2. The minimum Gasteiger partial charge on any atom is -0.350 e. The van der Waals surface area contributed by atoms with Crippen LogP contribution in [0.1, 0.15) is 60.3 Å². The van der Waals surface area contributed by atoms with Crippen molar-refractivity contribution < 1.29 is 4.79 Å². The van der Waals surface area contributed by atoms with Crippen LogP contribution in [0.25, 0.3) is 0 Å². The number of carbonyl (C=O) groups excluding carboxylic acids is 1. The molecule has 1 amide bonds. The normalized spacial score (nSPS) is 12.0. The van der Waals surface area contributed by atoms with Gasteiger partial charge in [-0.3, -0.25) is 4.79 Å². The quantitative estimate of drug-likeness (QED) is 0.780. The van der Waals surface area contributed by atoms with Crippen LogP contribution in [-0.4, -0.2) is 11.4 Å². The number of nitriles is 1. The van der Waals surface area contributed by atoms with E-state index in [1.165, 1.54) is 0 Å². The van der Waals surface area contributed by atoms with E-state index in [0.29, 0.717) is 12.8 Å². The lowest BCUT2D eigenvalue weighted by atomic mass is 9.79. The van der Waals surface area contributed by atoms with Crippen molar-refractivity contribution >= 4 is 5.91 Å². The number of rotatable bonds is 5. The van der Waals surface area contributed by atoms with Crippen LogP contribution < -0.4 is 5.32 Å². The summed E-state index contributed by atoms with van der Waals surface area (Å²) in [7, 11) is 0. The van der Waals surface area contributed by atoms with Crippen LogP contribution in [0.3, 0.4) is 0 Å². The highest BCUT2D eigenvalue weighted by Gasteiger charge is 2.38. The van der Waals surface area contributed by atoms with Crippen LogP contribution in [0.4, 0.5) is 0 Å². The van der Waals surface area contributed by atoms with Crippen molar-refractivity contribution in [1.29, 1.82) is 5.26 Å². The second-order valence-electron chi connectivity index (χ2n) is 5.40. The van der Waals surface area contributed by atoms with Crippen LogP contribution in [0.5, 0.6) is 0 Å². The van der Waals surface area contributed by atoms with Crippen molar-refractivity contribution in [1.82, 2.24) is 5.32 Å². The summed E-state index contributed by atoms with van der Waals surface area (Å²) in [6.07, 6.45) is 2.98. The first-order valence-corrected chi connectivity index (χ1v) is 6.05. The summed E-state index contributed by atoms with van der Waals surface area (Å²) in [5.74, 6) is -0.119. The largest absolute Gasteiger partial charge is 0.350 e. The van der Waals surface area contributed by atoms with E-state index in [2.05, 4.69) is 11.4 Å². The molecule has 0 aliphatic heterocycles. The maximum atomic E-state index is 12.2. The first kappa shape index (κ1) is 15.0. The molecule has 0 bridgehead atoms. The van der Waals surface area contributed by atoms with E-state index in [4.69, 9.17) is 0 Å². The molecule has 0 aromatic carbocycles. The lowest BCUT2D eigenvalue weighted by Crippen LogP contribution is -2.48. The standard InChI is InChI=1S/C13H24N2O/c1-6-8-13(10-14,9-7-2)11(16)15-12(3,4)5/h6-9H2,1-5H3,(H,15,16). The highest BCUT2D eigenvalue weighted by atomic mass is 16.2. The molecule has 0 heterocycles. The molecular formula is C13H24N2O. The number of nitrogens with one attached hydrogen (secondary N) is 1. The predicted molar refractivity (Wildman–Crippen MR) is 65.8 cm³/mol. The van der Waals surface area contributed by atoms with Gasteiger partial charge in [0.2, 0.25) is 5.91 Å². The molecule has 16 heavy (non-hydrogen) atoms. The molecule has 0 aliphatic rings. The Kier molecular flexibility index (Phi) is 5.50. The van der Waals surface area contributed by atoms with E-state index in [-0.39, 0.29) is 11.4 Å². The molecule has 0 fully saturated rings. The SMILES string of the molecule is CCCC(C#N)(CCC)C(=O)NC(C)(C)C. The molecule has 0 saturated carbocycles. The molecule has 92 valence electrons. The summed E-state index contributed by atoms with van der Waals surface area (Å²) in [4.78, 5) is 12.2. The van der Waals surface area contributed by atoms with E-state index >= 15 is 0 Å². The van der Waals surface area contributed by atoms with Gasteiger partial charge in [0.25, 0.3) is 0 Å². The Labute approximate surface area is 99.2 Å². The minimum absolute atomic E-state index is 0.119. The number of amides is 1. The van der Waals surface area contributed by atoms with Gasteiger partial charge in [0.1, 0.15) is 5.41 Å². The zero-order valence-corrected chi connectivity index (χ0v) is 11.2. The highest BCUT2D eigenvalue weighted by molar-refractivity contribution is 5.85. The Morgan fingerprint density at radius 2 is 1.62 bits per heavy atom. The summed E-state index contributed by atoms with van der Waals surface area (Å²) in [5, 5.41) is 12.2. The fraction of sp³-hybridized carbons (Fsp3) is 0.846. The number of hydrogen-bond acceptors (Lipinski definition) is 2. The van der Waals surface area contributed by atoms with Gasteiger partial charge in [-0.05, 0) is 33.6 Å². The Morgan fingerprint density at radius 3 is 1.88 bits per heavy atom. The van der Waals surface area contributed by atoms with Gasteiger partial charge in [0, 0.05) is 5.54 Å². The lowest BCUT2D eigenvalue weighted by molar-refractivity contribution is -0.130. The van der Waals surface area contributed by atoms with Crippen LogP contribution >= 0.6 is 0 Å². The van der Waals surface area contributed by atoms with Crippen molar-refractivity contribution in [3.05, 3.63) is 0 Å². The molecule has 0 rings (SSSR count). The molecule has 1 N–H and O–H groups in total. The third kappa shape index (κ3) is 4.22. The number of carbonyl (C=O) groups is 1. The molecule has 0 radical (unpaired) electrons. The third-order valence-corrected chi connectivity index (χ3v) is 2.49. The van der Waals surface area contributed by atoms with Gasteiger partial charge >= 0.3 is 0 Å². The van der Waals surface area contributed by atoms with Gasteiger partial charge in [0.05, 0.1) is 6.07 Å². The first-order chi connectivity index (χ1) is 7.31. The highest BCUT2D eigenvalue weighted by Crippen LogP contribution is 2.30. The summed E-state index contributed by atoms with van der Waals surface area (Å²) < 4.78 is 0. The molecule has 0 aliphatic carbocycles. The zero-order chi connectivity index (χ0) is 12.8. The molecule has 0 aromatic rings. The maximum Gasteiger partial charge on any atom is 0.240 e.